The molecular weight excluding hydrogens is 382 g/mol. The highest BCUT2D eigenvalue weighted by molar-refractivity contribution is 5.79. The van der Waals surface area contributed by atoms with Gasteiger partial charge in [0.05, 0.1) is 33.9 Å². The number of para-hydroxylation sites is 2. The average molecular weight is 416 g/mol. The SMILES string of the molecule is CCNC(=NCc1ccc(OCC)c(OC)c1)NCC(C)Oc1ccccc1OC. The number of nitrogens with one attached hydrogen (secondary N) is 2. The van der Waals surface area contributed by atoms with Gasteiger partial charge in [0.1, 0.15) is 6.10 Å². The first-order valence-corrected chi connectivity index (χ1v) is 10.2. The van der Waals surface area contributed by atoms with Crippen LogP contribution in [0, 0.1) is 0 Å². The zero-order valence-electron chi connectivity index (χ0n) is 18.5. The van der Waals surface area contributed by atoms with Crippen LogP contribution in [-0.2, 0) is 6.54 Å². The quantitative estimate of drug-likeness (QED) is 0.431. The molecule has 0 spiro atoms. The number of ether oxygens (including phenoxy) is 4. The number of rotatable bonds is 11. The summed E-state index contributed by atoms with van der Waals surface area (Å²) in [6.07, 6.45) is -0.0734. The molecule has 164 valence electrons. The largest absolute Gasteiger partial charge is 0.493 e. The van der Waals surface area contributed by atoms with Gasteiger partial charge < -0.3 is 29.6 Å². The van der Waals surface area contributed by atoms with Crippen LogP contribution >= 0.6 is 0 Å². The lowest BCUT2D eigenvalue weighted by Gasteiger charge is -2.19. The Kier molecular flexibility index (Phi) is 9.64. The van der Waals surface area contributed by atoms with E-state index in [0.29, 0.717) is 25.4 Å². The smallest absolute Gasteiger partial charge is 0.191 e. The summed E-state index contributed by atoms with van der Waals surface area (Å²) < 4.78 is 22.3. The maximum absolute atomic E-state index is 5.99. The summed E-state index contributed by atoms with van der Waals surface area (Å²) in [6, 6.07) is 13.5. The average Bonchev–Trinajstić information content (AvgIpc) is 2.77. The first-order valence-electron chi connectivity index (χ1n) is 10.2. The molecule has 0 saturated carbocycles. The summed E-state index contributed by atoms with van der Waals surface area (Å²) in [6.45, 7) is 8.45. The van der Waals surface area contributed by atoms with Crippen molar-refractivity contribution in [2.75, 3.05) is 33.9 Å². The van der Waals surface area contributed by atoms with Gasteiger partial charge in [-0.1, -0.05) is 18.2 Å². The van der Waals surface area contributed by atoms with Crippen molar-refractivity contribution in [2.24, 2.45) is 4.99 Å². The lowest BCUT2D eigenvalue weighted by Crippen LogP contribution is -2.41. The molecule has 2 aromatic rings. The van der Waals surface area contributed by atoms with E-state index in [1.54, 1.807) is 14.2 Å². The summed E-state index contributed by atoms with van der Waals surface area (Å²) in [5.41, 5.74) is 1.03. The minimum atomic E-state index is -0.0734. The zero-order chi connectivity index (χ0) is 21.8. The van der Waals surface area contributed by atoms with Crippen LogP contribution in [0.1, 0.15) is 26.3 Å². The topological polar surface area (TPSA) is 73.3 Å². The molecule has 1 unspecified atom stereocenters. The van der Waals surface area contributed by atoms with Gasteiger partial charge >= 0.3 is 0 Å². The summed E-state index contributed by atoms with van der Waals surface area (Å²) in [5.74, 6) is 3.61. The maximum Gasteiger partial charge on any atom is 0.191 e. The van der Waals surface area contributed by atoms with Gasteiger partial charge in [-0.3, -0.25) is 0 Å². The summed E-state index contributed by atoms with van der Waals surface area (Å²) in [5, 5.41) is 6.58. The second-order valence-corrected chi connectivity index (χ2v) is 6.57. The Morgan fingerprint density at radius 3 is 2.33 bits per heavy atom. The van der Waals surface area contributed by atoms with Crippen molar-refractivity contribution in [1.82, 2.24) is 10.6 Å². The van der Waals surface area contributed by atoms with Gasteiger partial charge in [0, 0.05) is 6.54 Å². The van der Waals surface area contributed by atoms with Crippen LogP contribution < -0.4 is 29.6 Å². The molecule has 0 saturated heterocycles. The van der Waals surface area contributed by atoms with Crippen LogP contribution in [0.5, 0.6) is 23.0 Å². The summed E-state index contributed by atoms with van der Waals surface area (Å²) in [7, 11) is 3.27. The standard InChI is InChI=1S/C23H33N3O4/c1-6-24-23(25-15-17(3)30-21-11-9-8-10-19(21)27-4)26-16-18-12-13-20(29-7-2)22(14-18)28-5/h8-14,17H,6-7,15-16H2,1-5H3,(H2,24,25,26). The van der Waals surface area contributed by atoms with Crippen molar-refractivity contribution >= 4 is 5.96 Å². The van der Waals surface area contributed by atoms with E-state index in [9.17, 15) is 0 Å². The lowest BCUT2D eigenvalue weighted by molar-refractivity contribution is 0.213. The van der Waals surface area contributed by atoms with E-state index in [1.807, 2.05) is 63.2 Å². The van der Waals surface area contributed by atoms with E-state index in [0.717, 1.165) is 35.3 Å². The van der Waals surface area contributed by atoms with Gasteiger partial charge in [-0.15, -0.1) is 0 Å². The molecule has 1 atom stereocenters. The van der Waals surface area contributed by atoms with Crippen LogP contribution in [0.4, 0.5) is 0 Å². The molecule has 0 amide bonds. The lowest BCUT2D eigenvalue weighted by atomic mass is 10.2. The van der Waals surface area contributed by atoms with Crippen molar-refractivity contribution in [3.63, 3.8) is 0 Å². The normalized spacial score (nSPS) is 12.1. The van der Waals surface area contributed by atoms with Crippen molar-refractivity contribution < 1.29 is 18.9 Å². The second-order valence-electron chi connectivity index (χ2n) is 6.57. The van der Waals surface area contributed by atoms with E-state index < -0.39 is 0 Å². The molecule has 0 radical (unpaired) electrons. The molecule has 7 heteroatoms. The van der Waals surface area contributed by atoms with E-state index >= 15 is 0 Å². The highest BCUT2D eigenvalue weighted by atomic mass is 16.5. The van der Waals surface area contributed by atoms with Gasteiger partial charge in [0.2, 0.25) is 0 Å². The molecule has 30 heavy (non-hydrogen) atoms. The molecule has 0 aromatic heterocycles. The van der Waals surface area contributed by atoms with Crippen LogP contribution in [-0.4, -0.2) is 46.0 Å². The minimum Gasteiger partial charge on any atom is -0.493 e. The molecule has 2 rings (SSSR count). The van der Waals surface area contributed by atoms with Crippen LogP contribution in [0.15, 0.2) is 47.5 Å². The molecule has 2 N–H and O–H groups in total. The van der Waals surface area contributed by atoms with Gasteiger partial charge in [-0.05, 0) is 50.6 Å². The Balaban J connectivity index is 1.97. The van der Waals surface area contributed by atoms with Crippen LogP contribution in [0.25, 0.3) is 0 Å². The number of hydrogen-bond acceptors (Lipinski definition) is 5. The van der Waals surface area contributed by atoms with E-state index in [4.69, 9.17) is 18.9 Å². The number of aliphatic imine (C=N–C) groups is 1. The zero-order valence-corrected chi connectivity index (χ0v) is 18.5. The van der Waals surface area contributed by atoms with Crippen molar-refractivity contribution in [2.45, 2.75) is 33.4 Å². The van der Waals surface area contributed by atoms with Gasteiger partial charge in [-0.2, -0.15) is 0 Å². The Hall–Kier alpha value is -3.09. The molecule has 2 aromatic carbocycles. The molecule has 0 aliphatic carbocycles. The van der Waals surface area contributed by atoms with Crippen LogP contribution in [0.3, 0.4) is 0 Å². The maximum atomic E-state index is 5.99. The first-order chi connectivity index (χ1) is 14.6. The third-order valence-corrected chi connectivity index (χ3v) is 4.25. The van der Waals surface area contributed by atoms with Gasteiger partial charge in [0.15, 0.2) is 29.0 Å². The fourth-order valence-corrected chi connectivity index (χ4v) is 2.81. The molecular formula is C23H33N3O4. The number of benzene rings is 2. The Morgan fingerprint density at radius 1 is 0.933 bits per heavy atom. The molecule has 7 nitrogen and oxygen atoms in total. The van der Waals surface area contributed by atoms with Gasteiger partial charge in [-0.25, -0.2) is 4.99 Å². The Morgan fingerprint density at radius 2 is 1.67 bits per heavy atom. The highest BCUT2D eigenvalue weighted by Gasteiger charge is 2.10. The van der Waals surface area contributed by atoms with E-state index in [2.05, 4.69) is 15.6 Å². The third kappa shape index (κ3) is 7.06. The molecule has 0 bridgehead atoms. The fraction of sp³-hybridized carbons (Fsp3) is 0.435. The van der Waals surface area contributed by atoms with Crippen molar-refractivity contribution in [3.8, 4) is 23.0 Å². The molecule has 0 heterocycles. The summed E-state index contributed by atoms with van der Waals surface area (Å²) >= 11 is 0. The fourth-order valence-electron chi connectivity index (χ4n) is 2.81. The number of nitrogens with zero attached hydrogens (tertiary/aromatic N) is 1. The summed E-state index contributed by atoms with van der Waals surface area (Å²) in [4.78, 5) is 4.67. The minimum absolute atomic E-state index is 0.0734. The number of guanidine groups is 1. The van der Waals surface area contributed by atoms with Crippen LogP contribution in [0.2, 0.25) is 0 Å². The molecule has 0 aliphatic rings. The molecule has 0 aliphatic heterocycles. The molecule has 0 fully saturated rings. The first kappa shape index (κ1) is 23.2. The van der Waals surface area contributed by atoms with E-state index in [-0.39, 0.29) is 6.10 Å². The van der Waals surface area contributed by atoms with Gasteiger partial charge in [0.25, 0.3) is 0 Å². The monoisotopic (exact) mass is 415 g/mol. The second kappa shape index (κ2) is 12.5. The highest BCUT2D eigenvalue weighted by Crippen LogP contribution is 2.28. The Labute approximate surface area is 179 Å². The van der Waals surface area contributed by atoms with Crippen molar-refractivity contribution in [3.05, 3.63) is 48.0 Å². The van der Waals surface area contributed by atoms with E-state index in [1.165, 1.54) is 0 Å². The Bertz CT molecular complexity index is 811. The number of hydrogen-bond donors (Lipinski definition) is 2. The van der Waals surface area contributed by atoms with Crippen molar-refractivity contribution in [1.29, 1.82) is 0 Å². The predicted octanol–water partition coefficient (Wildman–Crippen LogP) is 3.63. The third-order valence-electron chi connectivity index (χ3n) is 4.25. The predicted molar refractivity (Wildman–Crippen MR) is 120 cm³/mol. The number of methoxy groups -OCH3 is 2.